The largest absolute Gasteiger partial charge is 0.486 e. The molecule has 0 unspecified atom stereocenters. The van der Waals surface area contributed by atoms with Gasteiger partial charge in [0.1, 0.15) is 0 Å². The van der Waals surface area contributed by atoms with Gasteiger partial charge in [-0.1, -0.05) is 47.7 Å². The van der Waals surface area contributed by atoms with Crippen molar-refractivity contribution < 1.29 is 24.5 Å². The number of furan rings is 1. The second-order valence-corrected chi connectivity index (χ2v) is 25.1. The molecular formula is C44H45GeIrN3O-2. The summed E-state index contributed by atoms with van der Waals surface area (Å²) in [5.74, 6) is 7.99. The molecule has 0 N–H and O–H groups in total. The van der Waals surface area contributed by atoms with E-state index in [0.29, 0.717) is 11.6 Å². The molecule has 4 heterocycles. The molecule has 0 atom stereocenters. The molecule has 0 aliphatic carbocycles. The molecule has 0 saturated heterocycles. The Hall–Kier alpha value is -3.90. The van der Waals surface area contributed by atoms with Crippen LogP contribution < -0.4 is 4.40 Å². The Balaban J connectivity index is 0.000000204. The summed E-state index contributed by atoms with van der Waals surface area (Å²) < 4.78 is 7.84. The van der Waals surface area contributed by atoms with Crippen LogP contribution in [0.1, 0.15) is 41.7 Å². The summed E-state index contributed by atoms with van der Waals surface area (Å²) in [4.78, 5) is 14.1. The number of hydrogen-bond donors (Lipinski definition) is 0. The van der Waals surface area contributed by atoms with E-state index in [4.69, 9.17) is 14.4 Å². The molecule has 257 valence electrons. The summed E-state index contributed by atoms with van der Waals surface area (Å²) in [6, 6.07) is 33.5. The topological polar surface area (TPSA) is 51.8 Å². The number of benzene rings is 3. The van der Waals surface area contributed by atoms with Gasteiger partial charge in [-0.25, -0.2) is 4.98 Å². The number of hydrogen-bond acceptors (Lipinski definition) is 4. The molecule has 1 radical (unpaired) electrons. The van der Waals surface area contributed by atoms with E-state index in [1.165, 1.54) is 27.8 Å². The van der Waals surface area contributed by atoms with E-state index in [1.54, 1.807) is 10.6 Å². The van der Waals surface area contributed by atoms with Gasteiger partial charge < -0.3 is 9.40 Å². The molecule has 4 nitrogen and oxygen atoms in total. The average molecular weight is 897 g/mol. The number of rotatable bonds is 6. The molecule has 4 aromatic heterocycles. The standard InChI is InChI=1S/C26H21N2O.C18H24GeN.Ir/c1-15-13-17(3)23(18(4)14-15)22-11-10-20-24-16(2)8-9-19(21-7-5-6-12-27-21)25(24)29-26(20)28-22;1-14(2)11-16-12-18(15-9-7-6-8-10-15)20-13-17(16)19(3,4)5;/h5-8,10-14H,1-4H3;6-9,12-14H,11H2,1-5H3;/q2*-1;. The second kappa shape index (κ2) is 15.6. The van der Waals surface area contributed by atoms with Gasteiger partial charge in [-0.3, -0.25) is 0 Å². The minimum atomic E-state index is -1.86. The monoisotopic (exact) mass is 898 g/mol. The van der Waals surface area contributed by atoms with Crippen LogP contribution in [0.2, 0.25) is 17.3 Å². The van der Waals surface area contributed by atoms with Crippen molar-refractivity contribution in [2.75, 3.05) is 0 Å². The van der Waals surface area contributed by atoms with Crippen LogP contribution in [0.15, 0.2) is 95.7 Å². The van der Waals surface area contributed by atoms with E-state index in [1.807, 2.05) is 42.5 Å². The number of fused-ring (bicyclic) bond motifs is 3. The third-order valence-electron chi connectivity index (χ3n) is 8.87. The molecule has 0 fully saturated rings. The summed E-state index contributed by atoms with van der Waals surface area (Å²) in [6.45, 7) is 13.1. The van der Waals surface area contributed by atoms with Crippen LogP contribution >= 0.6 is 0 Å². The second-order valence-electron chi connectivity index (χ2n) is 14.5. The number of nitrogens with zero attached hydrogens (tertiary/aromatic N) is 3. The maximum Gasteiger partial charge on any atom is 0.216 e. The molecule has 6 heteroatoms. The van der Waals surface area contributed by atoms with Crippen LogP contribution in [0.3, 0.4) is 0 Å². The number of aryl methyl sites for hydroxylation is 4. The first-order chi connectivity index (χ1) is 23.4. The van der Waals surface area contributed by atoms with Gasteiger partial charge in [0, 0.05) is 37.3 Å². The van der Waals surface area contributed by atoms with Crippen LogP contribution in [-0.2, 0) is 26.5 Å². The molecule has 0 amide bonds. The van der Waals surface area contributed by atoms with Crippen molar-refractivity contribution in [2.24, 2.45) is 5.92 Å². The first kappa shape index (κ1) is 37.4. The van der Waals surface area contributed by atoms with Gasteiger partial charge in [0.2, 0.25) is 5.71 Å². The molecule has 0 saturated carbocycles. The van der Waals surface area contributed by atoms with Crippen LogP contribution in [-0.4, -0.2) is 28.2 Å². The van der Waals surface area contributed by atoms with Crippen molar-refractivity contribution in [1.29, 1.82) is 0 Å². The van der Waals surface area contributed by atoms with Crippen LogP contribution in [0, 0.1) is 45.7 Å². The van der Waals surface area contributed by atoms with Gasteiger partial charge in [-0.05, 0) is 55.8 Å². The zero-order valence-corrected chi connectivity index (χ0v) is 35.0. The summed E-state index contributed by atoms with van der Waals surface area (Å²) >= 11 is -1.86. The fraction of sp³-hybridized carbons (Fsp3) is 0.250. The molecule has 3 aromatic carbocycles. The van der Waals surface area contributed by atoms with Crippen LogP contribution in [0.4, 0.5) is 0 Å². The minimum absolute atomic E-state index is 0. The molecular weight excluding hydrogens is 851 g/mol. The molecule has 0 spiro atoms. The van der Waals surface area contributed by atoms with Crippen molar-refractivity contribution >= 4 is 39.7 Å². The molecule has 0 bridgehead atoms. The molecule has 50 heavy (non-hydrogen) atoms. The fourth-order valence-electron chi connectivity index (χ4n) is 6.77. The van der Waals surface area contributed by atoms with Gasteiger partial charge >= 0.3 is 126 Å². The third-order valence-corrected chi connectivity index (χ3v) is 13.2. The van der Waals surface area contributed by atoms with Crippen LogP contribution in [0.25, 0.3) is 55.8 Å². The van der Waals surface area contributed by atoms with Crippen molar-refractivity contribution in [3.8, 4) is 33.8 Å². The number of aromatic nitrogens is 3. The van der Waals surface area contributed by atoms with Gasteiger partial charge in [-0.2, -0.15) is 0 Å². The van der Waals surface area contributed by atoms with Gasteiger partial charge in [0.25, 0.3) is 0 Å². The van der Waals surface area contributed by atoms with E-state index in [0.717, 1.165) is 56.5 Å². The number of pyridine rings is 3. The Kier molecular flexibility index (Phi) is 11.6. The van der Waals surface area contributed by atoms with E-state index in [9.17, 15) is 0 Å². The van der Waals surface area contributed by atoms with Crippen molar-refractivity contribution in [2.45, 2.75) is 65.2 Å². The van der Waals surface area contributed by atoms with Gasteiger partial charge in [0.05, 0.1) is 11.3 Å². The zero-order chi connectivity index (χ0) is 34.9. The summed E-state index contributed by atoms with van der Waals surface area (Å²) in [6.07, 6.45) is 5.06. The smallest absolute Gasteiger partial charge is 0.216 e. The normalized spacial score (nSPS) is 11.4. The quantitative estimate of drug-likeness (QED) is 0.123. The van der Waals surface area contributed by atoms with Crippen molar-refractivity contribution in [1.82, 2.24) is 15.0 Å². The summed E-state index contributed by atoms with van der Waals surface area (Å²) in [5, 5.41) is 2.10. The maximum absolute atomic E-state index is 6.30. The Labute approximate surface area is 313 Å². The Bertz CT molecular complexity index is 2230. The first-order valence-corrected chi connectivity index (χ1v) is 24.5. The predicted octanol–water partition coefficient (Wildman–Crippen LogP) is 11.0. The minimum Gasteiger partial charge on any atom is -0.486 e. The Morgan fingerprint density at radius 2 is 1.52 bits per heavy atom. The van der Waals surface area contributed by atoms with Gasteiger partial charge in [0.15, 0.2) is 0 Å². The molecule has 7 rings (SSSR count). The summed E-state index contributed by atoms with van der Waals surface area (Å²) in [7, 11) is 0. The molecule has 7 aromatic rings. The third kappa shape index (κ3) is 8.02. The molecule has 0 aliphatic rings. The van der Waals surface area contributed by atoms with Crippen molar-refractivity contribution in [3.63, 3.8) is 0 Å². The Morgan fingerprint density at radius 1 is 0.780 bits per heavy atom. The average Bonchev–Trinajstić information content (AvgIpc) is 3.44. The predicted molar refractivity (Wildman–Crippen MR) is 208 cm³/mol. The van der Waals surface area contributed by atoms with Crippen LogP contribution in [0.5, 0.6) is 0 Å². The molecule has 0 aliphatic heterocycles. The first-order valence-electron chi connectivity index (χ1n) is 17.1. The zero-order valence-electron chi connectivity index (χ0n) is 30.5. The van der Waals surface area contributed by atoms with E-state index in [-0.39, 0.29) is 20.1 Å². The summed E-state index contributed by atoms with van der Waals surface area (Å²) in [5.41, 5.74) is 13.7. The Morgan fingerprint density at radius 3 is 2.16 bits per heavy atom. The van der Waals surface area contributed by atoms with Crippen molar-refractivity contribution in [3.05, 3.63) is 131 Å². The fourth-order valence-corrected chi connectivity index (χ4v) is 10.1. The van der Waals surface area contributed by atoms with Gasteiger partial charge in [-0.15, -0.1) is 17.7 Å². The SMILES string of the molecule is CC(C)Cc1cc(-c2[c-]cccc2)nc[c]1[Ge]([CH3])([CH3])[CH3].Cc1cc(C)c(-c2ccc3c(n2)oc2c(-c4ccccn4)[c-]cc(C)c23)c(C)c1.[Ir]. The van der Waals surface area contributed by atoms with E-state index < -0.39 is 13.3 Å². The van der Waals surface area contributed by atoms with E-state index >= 15 is 0 Å². The van der Waals surface area contributed by atoms with E-state index in [2.05, 4.69) is 119 Å². The maximum atomic E-state index is 6.30.